The highest BCUT2D eigenvalue weighted by Gasteiger charge is 2.34. The van der Waals surface area contributed by atoms with Crippen molar-refractivity contribution >= 4 is 35.6 Å². The Bertz CT molecular complexity index is 707. The molecule has 9 heteroatoms. The van der Waals surface area contributed by atoms with E-state index in [9.17, 15) is 9.50 Å². The summed E-state index contributed by atoms with van der Waals surface area (Å²) in [4.78, 5) is 8.78. The second-order valence-electron chi connectivity index (χ2n) is 8.26. The lowest BCUT2D eigenvalue weighted by molar-refractivity contribution is 0.127. The molecule has 3 N–H and O–H groups in total. The Labute approximate surface area is 202 Å². The van der Waals surface area contributed by atoms with E-state index in [1.807, 2.05) is 12.1 Å². The van der Waals surface area contributed by atoms with Crippen LogP contribution < -0.4 is 15.5 Å². The molecule has 0 bridgehead atoms. The molecule has 0 amide bonds. The standard InChI is InChI=1S/C22H36FN5O2.HI/c1-3-27-8-10-28(11-9-27)20-5-4-18(14-19(20)23)15-25-21(24-2)26-16-22(6-12-29)7-13-30-17-22;/h4-5,14,29H,3,6-13,15-17H2,1-2H3,(H2,24,25,26);1H. The molecule has 1 aromatic rings. The van der Waals surface area contributed by atoms with Crippen molar-refractivity contribution in [3.05, 3.63) is 29.6 Å². The summed E-state index contributed by atoms with van der Waals surface area (Å²) in [7, 11) is 1.72. The minimum atomic E-state index is -0.174. The highest BCUT2D eigenvalue weighted by Crippen LogP contribution is 2.31. The molecule has 0 aromatic heterocycles. The number of likely N-dealkylation sites (N-methyl/N-ethyl adjacent to an activating group) is 1. The van der Waals surface area contributed by atoms with Crippen LogP contribution in [0.1, 0.15) is 25.3 Å². The summed E-state index contributed by atoms with van der Waals surface area (Å²) >= 11 is 0. The molecule has 2 aliphatic rings. The monoisotopic (exact) mass is 549 g/mol. The first-order valence-corrected chi connectivity index (χ1v) is 11.0. The van der Waals surface area contributed by atoms with Crippen LogP contribution in [0.25, 0.3) is 0 Å². The van der Waals surface area contributed by atoms with Gasteiger partial charge in [-0.05, 0) is 37.1 Å². The molecule has 1 aromatic carbocycles. The van der Waals surface area contributed by atoms with Crippen LogP contribution in [0.5, 0.6) is 0 Å². The molecule has 2 fully saturated rings. The summed E-state index contributed by atoms with van der Waals surface area (Å²) in [5.41, 5.74) is 1.51. The number of benzene rings is 1. The number of anilines is 1. The Hall–Kier alpha value is -1.17. The molecule has 1 unspecified atom stereocenters. The number of nitrogens with zero attached hydrogens (tertiary/aromatic N) is 3. The largest absolute Gasteiger partial charge is 0.396 e. The maximum atomic E-state index is 14.7. The van der Waals surface area contributed by atoms with E-state index < -0.39 is 0 Å². The first-order chi connectivity index (χ1) is 14.6. The summed E-state index contributed by atoms with van der Waals surface area (Å²) in [6, 6.07) is 5.47. The molecular formula is C22H37FIN5O2. The first-order valence-electron chi connectivity index (χ1n) is 11.0. The van der Waals surface area contributed by atoms with E-state index in [2.05, 4.69) is 32.3 Å². The fourth-order valence-electron chi connectivity index (χ4n) is 4.21. The Morgan fingerprint density at radius 3 is 2.61 bits per heavy atom. The van der Waals surface area contributed by atoms with Gasteiger partial charge in [0.1, 0.15) is 5.82 Å². The molecule has 2 heterocycles. The van der Waals surface area contributed by atoms with Crippen molar-refractivity contribution in [3.63, 3.8) is 0 Å². The lowest BCUT2D eigenvalue weighted by Crippen LogP contribution is -2.46. The maximum absolute atomic E-state index is 14.7. The molecule has 3 rings (SSSR count). The molecule has 7 nitrogen and oxygen atoms in total. The molecule has 176 valence electrons. The van der Waals surface area contributed by atoms with E-state index in [-0.39, 0.29) is 41.8 Å². The Morgan fingerprint density at radius 2 is 2.03 bits per heavy atom. The van der Waals surface area contributed by atoms with Crippen molar-refractivity contribution in [3.8, 4) is 0 Å². The van der Waals surface area contributed by atoms with Gasteiger partial charge in [0, 0.05) is 64.9 Å². The zero-order valence-electron chi connectivity index (χ0n) is 18.7. The van der Waals surface area contributed by atoms with E-state index in [0.717, 1.165) is 51.3 Å². The Balaban J connectivity index is 0.00000341. The van der Waals surface area contributed by atoms with Crippen LogP contribution in [0.4, 0.5) is 10.1 Å². The number of hydrogen-bond acceptors (Lipinski definition) is 5. The number of ether oxygens (including phenoxy) is 1. The third kappa shape index (κ3) is 7.16. The van der Waals surface area contributed by atoms with E-state index in [0.29, 0.717) is 37.8 Å². The number of aliphatic imine (C=N–C) groups is 1. The van der Waals surface area contributed by atoms with Gasteiger partial charge in [-0.25, -0.2) is 4.39 Å². The lowest BCUT2D eigenvalue weighted by Gasteiger charge is -2.35. The van der Waals surface area contributed by atoms with Gasteiger partial charge in [0.05, 0.1) is 12.3 Å². The quantitative estimate of drug-likeness (QED) is 0.262. The van der Waals surface area contributed by atoms with Crippen LogP contribution in [-0.4, -0.2) is 82.1 Å². The SMILES string of the molecule is CCN1CCN(c2ccc(CNC(=NC)NCC3(CCO)CCOC3)cc2F)CC1.I. The van der Waals surface area contributed by atoms with Crippen molar-refractivity contribution < 1.29 is 14.2 Å². The number of aliphatic hydroxyl groups excluding tert-OH is 1. The van der Waals surface area contributed by atoms with E-state index in [4.69, 9.17) is 4.74 Å². The zero-order valence-corrected chi connectivity index (χ0v) is 21.0. The minimum absolute atomic E-state index is 0. The zero-order chi connectivity index (χ0) is 21.4. The van der Waals surface area contributed by atoms with E-state index >= 15 is 0 Å². The number of aliphatic hydroxyl groups is 1. The van der Waals surface area contributed by atoms with Crippen molar-refractivity contribution in [1.82, 2.24) is 15.5 Å². The topological polar surface area (TPSA) is 72.4 Å². The number of piperazine rings is 1. The van der Waals surface area contributed by atoms with Gasteiger partial charge in [0.25, 0.3) is 0 Å². The second-order valence-corrected chi connectivity index (χ2v) is 8.26. The Kier molecular flexibility index (Phi) is 10.7. The molecular weight excluding hydrogens is 512 g/mol. The fraction of sp³-hybridized carbons (Fsp3) is 0.682. The normalized spacial score (nSPS) is 22.3. The first kappa shape index (κ1) is 26.1. The number of hydrogen-bond donors (Lipinski definition) is 3. The molecule has 0 aliphatic carbocycles. The maximum Gasteiger partial charge on any atom is 0.191 e. The predicted molar refractivity (Wildman–Crippen MR) is 134 cm³/mol. The van der Waals surface area contributed by atoms with Crippen molar-refractivity contribution in [2.45, 2.75) is 26.3 Å². The van der Waals surface area contributed by atoms with Crippen LogP contribution in [0.3, 0.4) is 0 Å². The third-order valence-electron chi connectivity index (χ3n) is 6.31. The molecule has 31 heavy (non-hydrogen) atoms. The molecule has 0 spiro atoms. The van der Waals surface area contributed by atoms with Gasteiger partial charge in [0.15, 0.2) is 5.96 Å². The van der Waals surface area contributed by atoms with Gasteiger partial charge in [-0.1, -0.05) is 13.0 Å². The summed E-state index contributed by atoms with van der Waals surface area (Å²) in [6.07, 6.45) is 1.63. The number of nitrogens with one attached hydrogen (secondary N) is 2. The molecule has 2 aliphatic heterocycles. The van der Waals surface area contributed by atoms with Crippen LogP contribution in [0.2, 0.25) is 0 Å². The summed E-state index contributed by atoms with van der Waals surface area (Å²) in [5, 5.41) is 16.0. The van der Waals surface area contributed by atoms with Gasteiger partial charge in [0.2, 0.25) is 0 Å². The van der Waals surface area contributed by atoms with Crippen LogP contribution in [0.15, 0.2) is 23.2 Å². The minimum Gasteiger partial charge on any atom is -0.396 e. The van der Waals surface area contributed by atoms with Crippen LogP contribution >= 0.6 is 24.0 Å². The van der Waals surface area contributed by atoms with Crippen molar-refractivity contribution in [2.75, 3.05) is 71.0 Å². The highest BCUT2D eigenvalue weighted by atomic mass is 127. The number of guanidine groups is 1. The van der Waals surface area contributed by atoms with Crippen molar-refractivity contribution in [2.24, 2.45) is 10.4 Å². The Morgan fingerprint density at radius 1 is 1.26 bits per heavy atom. The van der Waals surface area contributed by atoms with Crippen LogP contribution in [0, 0.1) is 11.2 Å². The van der Waals surface area contributed by atoms with Crippen molar-refractivity contribution in [1.29, 1.82) is 0 Å². The van der Waals surface area contributed by atoms with Gasteiger partial charge in [-0.3, -0.25) is 4.99 Å². The number of rotatable bonds is 8. The van der Waals surface area contributed by atoms with Crippen LogP contribution in [-0.2, 0) is 11.3 Å². The fourth-order valence-corrected chi connectivity index (χ4v) is 4.21. The summed E-state index contributed by atoms with van der Waals surface area (Å²) in [6.45, 7) is 9.58. The van der Waals surface area contributed by atoms with E-state index in [1.54, 1.807) is 13.1 Å². The summed E-state index contributed by atoms with van der Waals surface area (Å²) < 4.78 is 20.3. The molecule has 1 atom stereocenters. The highest BCUT2D eigenvalue weighted by molar-refractivity contribution is 14.0. The lowest BCUT2D eigenvalue weighted by atomic mass is 9.84. The predicted octanol–water partition coefficient (Wildman–Crippen LogP) is 2.04. The third-order valence-corrected chi connectivity index (χ3v) is 6.31. The van der Waals surface area contributed by atoms with Gasteiger partial charge >= 0.3 is 0 Å². The smallest absolute Gasteiger partial charge is 0.191 e. The van der Waals surface area contributed by atoms with E-state index in [1.165, 1.54) is 0 Å². The molecule has 0 saturated carbocycles. The van der Waals surface area contributed by atoms with Gasteiger partial charge < -0.3 is 30.3 Å². The van der Waals surface area contributed by atoms with Gasteiger partial charge in [-0.15, -0.1) is 24.0 Å². The number of halogens is 2. The molecule has 2 saturated heterocycles. The average molecular weight is 549 g/mol. The summed E-state index contributed by atoms with van der Waals surface area (Å²) in [5.74, 6) is 0.492. The molecule has 0 radical (unpaired) electrons. The van der Waals surface area contributed by atoms with Gasteiger partial charge in [-0.2, -0.15) is 0 Å². The second kappa shape index (κ2) is 12.8. The average Bonchev–Trinajstić information content (AvgIpc) is 3.23.